The van der Waals surface area contributed by atoms with Gasteiger partial charge in [-0.1, -0.05) is 24.6 Å². The number of hydrogen-bond donors (Lipinski definition) is 1. The van der Waals surface area contributed by atoms with Gasteiger partial charge in [0.2, 0.25) is 0 Å². The molecule has 1 N–H and O–H groups in total. The van der Waals surface area contributed by atoms with Crippen molar-refractivity contribution in [1.82, 2.24) is 10.2 Å². The SMILES string of the molecule is CCN1CCCC1CNC(=O)C(C)Oc1cccc(Cl)c1. The van der Waals surface area contributed by atoms with Crippen LogP contribution in [-0.4, -0.2) is 42.6 Å². The molecular weight excluding hydrogens is 288 g/mol. The number of carbonyl (C=O) groups excluding carboxylic acids is 1. The van der Waals surface area contributed by atoms with Crippen LogP contribution in [0.3, 0.4) is 0 Å². The Morgan fingerprint density at radius 1 is 1.57 bits per heavy atom. The van der Waals surface area contributed by atoms with Gasteiger partial charge >= 0.3 is 0 Å². The van der Waals surface area contributed by atoms with E-state index >= 15 is 0 Å². The Hall–Kier alpha value is -1.26. The third kappa shape index (κ3) is 4.61. The minimum Gasteiger partial charge on any atom is -0.481 e. The van der Waals surface area contributed by atoms with Crippen molar-refractivity contribution in [1.29, 1.82) is 0 Å². The lowest BCUT2D eigenvalue weighted by atomic mass is 10.2. The highest BCUT2D eigenvalue weighted by Gasteiger charge is 2.24. The Bertz CT molecular complexity index is 481. The molecule has 1 aromatic carbocycles. The van der Waals surface area contributed by atoms with E-state index in [1.165, 1.54) is 6.42 Å². The molecule has 0 saturated carbocycles. The summed E-state index contributed by atoms with van der Waals surface area (Å²) in [5.41, 5.74) is 0. The van der Waals surface area contributed by atoms with E-state index in [4.69, 9.17) is 16.3 Å². The normalized spacial score (nSPS) is 20.2. The van der Waals surface area contributed by atoms with Gasteiger partial charge in [-0.3, -0.25) is 9.69 Å². The summed E-state index contributed by atoms with van der Waals surface area (Å²) < 4.78 is 5.62. The highest BCUT2D eigenvalue weighted by atomic mass is 35.5. The van der Waals surface area contributed by atoms with Gasteiger partial charge in [-0.25, -0.2) is 0 Å². The number of amides is 1. The summed E-state index contributed by atoms with van der Waals surface area (Å²) in [5, 5.41) is 3.59. The van der Waals surface area contributed by atoms with Crippen LogP contribution in [0.2, 0.25) is 5.02 Å². The highest BCUT2D eigenvalue weighted by Crippen LogP contribution is 2.19. The van der Waals surface area contributed by atoms with E-state index in [9.17, 15) is 4.79 Å². The van der Waals surface area contributed by atoms with Gasteiger partial charge in [0.25, 0.3) is 5.91 Å². The van der Waals surface area contributed by atoms with Crippen LogP contribution in [0.5, 0.6) is 5.75 Å². The van der Waals surface area contributed by atoms with Gasteiger partial charge < -0.3 is 10.1 Å². The molecule has 0 radical (unpaired) electrons. The Labute approximate surface area is 131 Å². The number of benzene rings is 1. The smallest absolute Gasteiger partial charge is 0.260 e. The molecule has 21 heavy (non-hydrogen) atoms. The standard InChI is InChI=1S/C16H23ClN2O2/c1-3-19-9-5-7-14(19)11-18-16(20)12(2)21-15-8-4-6-13(17)10-15/h4,6,8,10,12,14H,3,5,7,9,11H2,1-2H3,(H,18,20). The number of halogens is 1. The minimum atomic E-state index is -0.528. The van der Waals surface area contributed by atoms with E-state index in [1.807, 2.05) is 0 Å². The van der Waals surface area contributed by atoms with Gasteiger partial charge in [-0.05, 0) is 51.1 Å². The zero-order valence-electron chi connectivity index (χ0n) is 12.6. The maximum absolute atomic E-state index is 12.1. The first-order valence-electron chi connectivity index (χ1n) is 7.54. The van der Waals surface area contributed by atoms with Crippen LogP contribution in [-0.2, 0) is 4.79 Å². The summed E-state index contributed by atoms with van der Waals surface area (Å²) in [7, 11) is 0. The van der Waals surface area contributed by atoms with E-state index in [-0.39, 0.29) is 5.91 Å². The highest BCUT2D eigenvalue weighted by molar-refractivity contribution is 6.30. The lowest BCUT2D eigenvalue weighted by Gasteiger charge is -2.23. The van der Waals surface area contributed by atoms with Crippen molar-refractivity contribution in [2.75, 3.05) is 19.6 Å². The van der Waals surface area contributed by atoms with Crippen LogP contribution in [0, 0.1) is 0 Å². The van der Waals surface area contributed by atoms with E-state index in [0.29, 0.717) is 23.4 Å². The zero-order chi connectivity index (χ0) is 15.2. The fraction of sp³-hybridized carbons (Fsp3) is 0.562. The fourth-order valence-electron chi connectivity index (χ4n) is 2.70. The Morgan fingerprint density at radius 3 is 3.10 bits per heavy atom. The second-order valence-corrected chi connectivity index (χ2v) is 5.82. The van der Waals surface area contributed by atoms with Crippen molar-refractivity contribution in [3.63, 3.8) is 0 Å². The van der Waals surface area contributed by atoms with Crippen molar-refractivity contribution in [2.24, 2.45) is 0 Å². The van der Waals surface area contributed by atoms with Crippen molar-refractivity contribution < 1.29 is 9.53 Å². The number of rotatable bonds is 6. The second-order valence-electron chi connectivity index (χ2n) is 5.39. The predicted molar refractivity (Wildman–Crippen MR) is 84.8 cm³/mol. The molecule has 1 heterocycles. The van der Waals surface area contributed by atoms with E-state index in [0.717, 1.165) is 19.5 Å². The number of carbonyl (C=O) groups is 1. The first-order valence-corrected chi connectivity index (χ1v) is 7.92. The van der Waals surface area contributed by atoms with E-state index in [2.05, 4.69) is 17.1 Å². The van der Waals surface area contributed by atoms with Gasteiger partial charge in [-0.2, -0.15) is 0 Å². The largest absolute Gasteiger partial charge is 0.481 e. The summed E-state index contributed by atoms with van der Waals surface area (Å²) in [6, 6.07) is 7.54. The van der Waals surface area contributed by atoms with Crippen molar-refractivity contribution in [3.8, 4) is 5.75 Å². The number of nitrogens with zero attached hydrogens (tertiary/aromatic N) is 1. The first kappa shape index (κ1) is 16.1. The van der Waals surface area contributed by atoms with E-state index in [1.54, 1.807) is 31.2 Å². The number of likely N-dealkylation sites (tertiary alicyclic amines) is 1. The zero-order valence-corrected chi connectivity index (χ0v) is 13.4. The number of hydrogen-bond acceptors (Lipinski definition) is 3. The van der Waals surface area contributed by atoms with Crippen LogP contribution in [0.4, 0.5) is 0 Å². The summed E-state index contributed by atoms with van der Waals surface area (Å²) in [6.07, 6.45) is 1.83. The molecule has 0 spiro atoms. The molecule has 0 aromatic heterocycles. The lowest BCUT2D eigenvalue weighted by Crippen LogP contribution is -2.44. The molecule has 1 amide bonds. The average Bonchev–Trinajstić information content (AvgIpc) is 2.92. The third-order valence-electron chi connectivity index (χ3n) is 3.90. The Morgan fingerprint density at radius 2 is 2.38 bits per heavy atom. The molecule has 2 atom stereocenters. The van der Waals surface area contributed by atoms with E-state index < -0.39 is 6.10 Å². The molecule has 0 bridgehead atoms. The molecule has 1 aromatic rings. The molecule has 1 aliphatic rings. The number of nitrogens with one attached hydrogen (secondary N) is 1. The number of likely N-dealkylation sites (N-methyl/N-ethyl adjacent to an activating group) is 1. The summed E-state index contributed by atoms with van der Waals surface area (Å²) in [5.74, 6) is 0.527. The Kier molecular flexibility index (Phi) is 5.88. The van der Waals surface area contributed by atoms with Gasteiger partial charge in [0.05, 0.1) is 0 Å². The molecule has 1 saturated heterocycles. The van der Waals surface area contributed by atoms with Crippen molar-refractivity contribution in [2.45, 2.75) is 38.8 Å². The van der Waals surface area contributed by atoms with Gasteiger partial charge in [-0.15, -0.1) is 0 Å². The topological polar surface area (TPSA) is 41.6 Å². The molecule has 2 rings (SSSR count). The van der Waals surface area contributed by atoms with Gasteiger partial charge in [0.15, 0.2) is 6.10 Å². The minimum absolute atomic E-state index is 0.0853. The van der Waals surface area contributed by atoms with Crippen molar-refractivity contribution in [3.05, 3.63) is 29.3 Å². The lowest BCUT2D eigenvalue weighted by molar-refractivity contribution is -0.127. The molecule has 4 nitrogen and oxygen atoms in total. The molecule has 1 fully saturated rings. The molecule has 1 aliphatic heterocycles. The van der Waals surface area contributed by atoms with Crippen LogP contribution in [0.1, 0.15) is 26.7 Å². The predicted octanol–water partition coefficient (Wildman–Crippen LogP) is 2.71. The Balaban J connectivity index is 1.80. The van der Waals surface area contributed by atoms with Gasteiger partial charge in [0, 0.05) is 17.6 Å². The summed E-state index contributed by atoms with van der Waals surface area (Å²) in [4.78, 5) is 14.5. The fourth-order valence-corrected chi connectivity index (χ4v) is 2.88. The molecular formula is C16H23ClN2O2. The third-order valence-corrected chi connectivity index (χ3v) is 4.13. The van der Waals surface area contributed by atoms with Crippen molar-refractivity contribution >= 4 is 17.5 Å². The molecule has 2 unspecified atom stereocenters. The quantitative estimate of drug-likeness (QED) is 0.878. The molecule has 5 heteroatoms. The van der Waals surface area contributed by atoms with Gasteiger partial charge in [0.1, 0.15) is 5.75 Å². The van der Waals surface area contributed by atoms with Crippen LogP contribution in [0.15, 0.2) is 24.3 Å². The molecule has 116 valence electrons. The maximum atomic E-state index is 12.1. The monoisotopic (exact) mass is 310 g/mol. The van der Waals surface area contributed by atoms with Crippen LogP contribution in [0.25, 0.3) is 0 Å². The maximum Gasteiger partial charge on any atom is 0.260 e. The van der Waals surface area contributed by atoms with Crippen LogP contribution < -0.4 is 10.1 Å². The summed E-state index contributed by atoms with van der Waals surface area (Å²) in [6.45, 7) is 6.77. The average molecular weight is 311 g/mol. The second kappa shape index (κ2) is 7.66. The number of ether oxygens (including phenoxy) is 1. The first-order chi connectivity index (χ1) is 10.1. The summed E-state index contributed by atoms with van der Waals surface area (Å²) >= 11 is 5.90. The van der Waals surface area contributed by atoms with Crippen LogP contribution >= 0.6 is 11.6 Å². The molecule has 0 aliphatic carbocycles.